The molecule has 4 aromatic carbocycles. The first-order valence-corrected chi connectivity index (χ1v) is 13.2. The molecule has 0 atom stereocenters. The van der Waals surface area contributed by atoms with E-state index in [0.717, 1.165) is 35.4 Å². The zero-order valence-corrected chi connectivity index (χ0v) is 23.9. The number of methoxy groups -OCH3 is 2. The molecule has 4 aromatic rings. The Labute approximate surface area is 253 Å². The molecule has 0 aliphatic rings. The van der Waals surface area contributed by atoms with Gasteiger partial charge >= 0.3 is 23.9 Å². The Balaban J connectivity index is 1.23. The lowest BCUT2D eigenvalue weighted by Gasteiger charge is -2.06. The Kier molecular flexibility index (Phi) is 10.8. The van der Waals surface area contributed by atoms with E-state index in [1.807, 2.05) is 0 Å². The minimum Gasteiger partial charge on any atom is -0.497 e. The van der Waals surface area contributed by atoms with Gasteiger partial charge in [-0.2, -0.15) is 0 Å². The van der Waals surface area contributed by atoms with Crippen molar-refractivity contribution in [1.29, 1.82) is 0 Å². The number of rotatable bonds is 12. The molecule has 224 valence electrons. The number of ether oxygens (including phenoxy) is 6. The van der Waals surface area contributed by atoms with E-state index >= 15 is 0 Å². The summed E-state index contributed by atoms with van der Waals surface area (Å²) in [6, 6.07) is 23.7. The van der Waals surface area contributed by atoms with Gasteiger partial charge in [0.25, 0.3) is 0 Å². The van der Waals surface area contributed by atoms with Gasteiger partial charge in [0.2, 0.25) is 0 Å². The van der Waals surface area contributed by atoms with E-state index in [0.29, 0.717) is 22.3 Å². The standard InChI is InChI=1S/C34H28O10/c1-39-27-9-3-23(4-10-27)21-41-31(35)15-17-33(37)43-29-13-7-26-20-30(14-8-25(26)19-29)44-34(38)18-16-32(36)42-22-24-5-11-28(40-2)12-6-24/h3-20H,21-22H2,1-2H3. The summed E-state index contributed by atoms with van der Waals surface area (Å²) in [5.41, 5.74) is 1.53. The Morgan fingerprint density at radius 1 is 0.477 bits per heavy atom. The molecular formula is C34H28O10. The molecule has 0 spiro atoms. The molecule has 4 rings (SSSR count). The molecule has 0 bridgehead atoms. The Hall–Kier alpha value is -5.90. The highest BCUT2D eigenvalue weighted by Crippen LogP contribution is 2.25. The van der Waals surface area contributed by atoms with Crippen LogP contribution in [0.15, 0.2) is 109 Å². The highest BCUT2D eigenvalue weighted by molar-refractivity contribution is 5.94. The fraction of sp³-hybridized carbons (Fsp3) is 0.118. The summed E-state index contributed by atoms with van der Waals surface area (Å²) in [6.07, 6.45) is 3.93. The molecule has 44 heavy (non-hydrogen) atoms. The Morgan fingerprint density at radius 3 is 1.18 bits per heavy atom. The first-order valence-electron chi connectivity index (χ1n) is 13.2. The van der Waals surface area contributed by atoms with Crippen molar-refractivity contribution in [1.82, 2.24) is 0 Å². The zero-order valence-electron chi connectivity index (χ0n) is 23.9. The van der Waals surface area contributed by atoms with Crippen LogP contribution >= 0.6 is 0 Å². The fourth-order valence-electron chi connectivity index (χ4n) is 3.75. The number of carbonyl (C=O) groups excluding carboxylic acids is 4. The number of benzene rings is 4. The number of carbonyl (C=O) groups is 4. The molecule has 0 heterocycles. The third-order valence-electron chi connectivity index (χ3n) is 6.01. The van der Waals surface area contributed by atoms with Crippen molar-refractivity contribution in [2.45, 2.75) is 13.2 Å². The molecule has 0 aliphatic carbocycles. The van der Waals surface area contributed by atoms with E-state index in [4.69, 9.17) is 28.4 Å². The van der Waals surface area contributed by atoms with Crippen molar-refractivity contribution < 1.29 is 47.6 Å². The van der Waals surface area contributed by atoms with Gasteiger partial charge in [0.1, 0.15) is 36.2 Å². The van der Waals surface area contributed by atoms with Crippen molar-refractivity contribution in [3.63, 3.8) is 0 Å². The second kappa shape index (κ2) is 15.4. The van der Waals surface area contributed by atoms with Crippen LogP contribution in [0, 0.1) is 0 Å². The number of fused-ring (bicyclic) bond motifs is 1. The Morgan fingerprint density at radius 2 is 0.818 bits per heavy atom. The van der Waals surface area contributed by atoms with Crippen molar-refractivity contribution in [2.24, 2.45) is 0 Å². The summed E-state index contributed by atoms with van der Waals surface area (Å²) in [5.74, 6) is -1.04. The van der Waals surface area contributed by atoms with Crippen molar-refractivity contribution in [3.05, 3.63) is 120 Å². The van der Waals surface area contributed by atoms with E-state index in [-0.39, 0.29) is 24.7 Å². The second-order valence-electron chi connectivity index (χ2n) is 9.09. The summed E-state index contributed by atoms with van der Waals surface area (Å²) >= 11 is 0. The fourth-order valence-corrected chi connectivity index (χ4v) is 3.75. The molecule has 0 radical (unpaired) electrons. The summed E-state index contributed by atoms with van der Waals surface area (Å²) in [5, 5.41) is 1.41. The third kappa shape index (κ3) is 9.59. The maximum absolute atomic E-state index is 12.2. The van der Waals surface area contributed by atoms with E-state index in [2.05, 4.69) is 0 Å². The molecule has 10 nitrogen and oxygen atoms in total. The van der Waals surface area contributed by atoms with Crippen LogP contribution in [-0.2, 0) is 41.9 Å². The van der Waals surface area contributed by atoms with Gasteiger partial charge in [-0.25, -0.2) is 19.2 Å². The van der Waals surface area contributed by atoms with Gasteiger partial charge in [-0.05, 0) is 70.4 Å². The predicted molar refractivity (Wildman–Crippen MR) is 159 cm³/mol. The average molecular weight is 597 g/mol. The molecule has 0 amide bonds. The molecule has 0 saturated heterocycles. The van der Waals surface area contributed by atoms with Crippen LogP contribution in [0.5, 0.6) is 23.0 Å². The lowest BCUT2D eigenvalue weighted by molar-refractivity contribution is -0.140. The van der Waals surface area contributed by atoms with Crippen molar-refractivity contribution in [2.75, 3.05) is 14.2 Å². The van der Waals surface area contributed by atoms with Crippen molar-refractivity contribution >= 4 is 34.6 Å². The van der Waals surface area contributed by atoms with Crippen LogP contribution in [0.4, 0.5) is 0 Å². The van der Waals surface area contributed by atoms with Crippen LogP contribution in [0.2, 0.25) is 0 Å². The summed E-state index contributed by atoms with van der Waals surface area (Å²) in [7, 11) is 3.12. The monoisotopic (exact) mass is 596 g/mol. The Bertz CT molecular complexity index is 1560. The van der Waals surface area contributed by atoms with Crippen molar-refractivity contribution in [3.8, 4) is 23.0 Å². The first kappa shape index (κ1) is 31.0. The second-order valence-corrected chi connectivity index (χ2v) is 9.09. The van der Waals surface area contributed by atoms with E-state index < -0.39 is 23.9 Å². The normalized spacial score (nSPS) is 10.9. The number of hydrogen-bond acceptors (Lipinski definition) is 10. The molecule has 10 heteroatoms. The quantitative estimate of drug-likeness (QED) is 0.121. The molecule has 0 N–H and O–H groups in total. The highest BCUT2D eigenvalue weighted by Gasteiger charge is 2.08. The lowest BCUT2D eigenvalue weighted by Crippen LogP contribution is -2.07. The lowest BCUT2D eigenvalue weighted by atomic mass is 10.1. The van der Waals surface area contributed by atoms with Gasteiger partial charge in [0.15, 0.2) is 0 Å². The molecular weight excluding hydrogens is 568 g/mol. The molecule has 0 unspecified atom stereocenters. The van der Waals surface area contributed by atoms with Gasteiger partial charge in [0.05, 0.1) is 14.2 Å². The van der Waals surface area contributed by atoms with Gasteiger partial charge in [-0.1, -0.05) is 36.4 Å². The maximum Gasteiger partial charge on any atom is 0.336 e. The van der Waals surface area contributed by atoms with Crippen LogP contribution in [-0.4, -0.2) is 38.1 Å². The highest BCUT2D eigenvalue weighted by atomic mass is 16.5. The van der Waals surface area contributed by atoms with E-state index in [9.17, 15) is 19.2 Å². The minimum atomic E-state index is -0.759. The molecule has 0 aromatic heterocycles. The molecule has 0 fully saturated rings. The van der Waals surface area contributed by atoms with Crippen LogP contribution in [0.25, 0.3) is 10.8 Å². The van der Waals surface area contributed by atoms with Crippen LogP contribution < -0.4 is 18.9 Å². The largest absolute Gasteiger partial charge is 0.497 e. The molecule has 0 saturated carbocycles. The summed E-state index contributed by atoms with van der Waals surface area (Å²) < 4.78 is 31.0. The maximum atomic E-state index is 12.2. The minimum absolute atomic E-state index is 0.0401. The smallest absolute Gasteiger partial charge is 0.336 e. The van der Waals surface area contributed by atoms with Gasteiger partial charge < -0.3 is 28.4 Å². The molecule has 0 aliphatic heterocycles. The first-order chi connectivity index (χ1) is 21.3. The number of hydrogen-bond donors (Lipinski definition) is 0. The number of esters is 4. The van der Waals surface area contributed by atoms with Crippen LogP contribution in [0.3, 0.4) is 0 Å². The SMILES string of the molecule is COc1ccc(COC(=O)C=CC(=O)Oc2ccc3cc(OC(=O)C=CC(=O)OCc4ccc(OC)cc4)ccc3c2)cc1. The average Bonchev–Trinajstić information content (AvgIpc) is 3.05. The summed E-state index contributed by atoms with van der Waals surface area (Å²) in [4.78, 5) is 48.3. The van der Waals surface area contributed by atoms with Crippen LogP contribution in [0.1, 0.15) is 11.1 Å². The van der Waals surface area contributed by atoms with E-state index in [1.165, 1.54) is 0 Å². The summed E-state index contributed by atoms with van der Waals surface area (Å²) in [6.45, 7) is 0.0801. The van der Waals surface area contributed by atoms with E-state index in [1.54, 1.807) is 99.1 Å². The van der Waals surface area contributed by atoms with Gasteiger partial charge in [-0.3, -0.25) is 0 Å². The third-order valence-corrected chi connectivity index (χ3v) is 6.01. The van der Waals surface area contributed by atoms with Gasteiger partial charge in [0, 0.05) is 24.3 Å². The predicted octanol–water partition coefficient (Wildman–Crippen LogP) is 5.27. The van der Waals surface area contributed by atoms with Gasteiger partial charge in [-0.15, -0.1) is 0 Å². The topological polar surface area (TPSA) is 124 Å². The zero-order chi connectivity index (χ0) is 31.3.